The molecule has 2 heterocycles. The Labute approximate surface area is 178 Å². The number of benzene rings is 2. The first-order chi connectivity index (χ1) is 14.6. The van der Waals surface area contributed by atoms with Crippen molar-refractivity contribution in [3.8, 4) is 11.1 Å². The second-order valence-corrected chi connectivity index (χ2v) is 8.18. The van der Waals surface area contributed by atoms with Crippen LogP contribution < -0.4 is 0 Å². The Morgan fingerprint density at radius 1 is 1.00 bits per heavy atom. The van der Waals surface area contributed by atoms with Crippen molar-refractivity contribution >= 4 is 11.6 Å². The van der Waals surface area contributed by atoms with Crippen LogP contribution in [0.2, 0.25) is 0 Å². The largest absolute Gasteiger partial charge is 0.399 e. The second-order valence-electron chi connectivity index (χ2n) is 8.18. The quantitative estimate of drug-likeness (QED) is 0.717. The number of oxime groups is 1. The minimum absolute atomic E-state index is 0.0649. The normalized spacial score (nSPS) is 21.9. The fourth-order valence-corrected chi connectivity index (χ4v) is 4.30. The third-order valence-corrected chi connectivity index (χ3v) is 6.05. The zero-order valence-corrected chi connectivity index (χ0v) is 17.8. The zero-order chi connectivity index (χ0) is 20.9. The van der Waals surface area contributed by atoms with Crippen LogP contribution in [0, 0.1) is 0 Å². The summed E-state index contributed by atoms with van der Waals surface area (Å²) in [5.41, 5.74) is 3.92. The van der Waals surface area contributed by atoms with Crippen LogP contribution in [0.15, 0.2) is 59.8 Å². The molecule has 0 saturated carbocycles. The number of rotatable bonds is 5. The molecule has 2 fully saturated rings. The van der Waals surface area contributed by atoms with Crippen molar-refractivity contribution in [1.82, 2.24) is 14.7 Å². The summed E-state index contributed by atoms with van der Waals surface area (Å²) in [7, 11) is 3.72. The van der Waals surface area contributed by atoms with Gasteiger partial charge in [0.15, 0.2) is 0 Å². The third kappa shape index (κ3) is 4.71. The molecule has 0 bridgehead atoms. The molecule has 1 atom stereocenters. The molecular weight excluding hydrogens is 376 g/mol. The van der Waals surface area contributed by atoms with E-state index in [1.165, 1.54) is 0 Å². The fourth-order valence-electron chi connectivity index (χ4n) is 4.30. The summed E-state index contributed by atoms with van der Waals surface area (Å²) in [6, 6.07) is 18.3. The topological polar surface area (TPSA) is 48.4 Å². The molecule has 4 rings (SSSR count). The van der Waals surface area contributed by atoms with Gasteiger partial charge in [-0.1, -0.05) is 47.6 Å². The lowest BCUT2D eigenvalue weighted by molar-refractivity contribution is 0.0669. The second kappa shape index (κ2) is 9.41. The average molecular weight is 407 g/mol. The van der Waals surface area contributed by atoms with E-state index in [4.69, 9.17) is 4.84 Å². The van der Waals surface area contributed by atoms with Crippen molar-refractivity contribution in [3.63, 3.8) is 0 Å². The van der Waals surface area contributed by atoms with Gasteiger partial charge in [0, 0.05) is 44.7 Å². The monoisotopic (exact) mass is 406 g/mol. The van der Waals surface area contributed by atoms with E-state index in [0.29, 0.717) is 6.54 Å². The fraction of sp³-hybridized carbons (Fsp3) is 0.417. The summed E-state index contributed by atoms with van der Waals surface area (Å²) >= 11 is 0. The molecule has 1 unspecified atom stereocenters. The summed E-state index contributed by atoms with van der Waals surface area (Å²) in [6.07, 6.45) is 0.772. The first-order valence-electron chi connectivity index (χ1n) is 10.6. The van der Waals surface area contributed by atoms with Crippen LogP contribution in [0.4, 0.5) is 0 Å². The average Bonchev–Trinajstić information content (AvgIpc) is 3.18. The summed E-state index contributed by atoms with van der Waals surface area (Å²) in [4.78, 5) is 25.1. The van der Waals surface area contributed by atoms with E-state index in [1.807, 2.05) is 47.4 Å². The van der Waals surface area contributed by atoms with Gasteiger partial charge in [-0.2, -0.15) is 0 Å². The number of hydrogen-bond acceptors (Lipinski definition) is 5. The minimum Gasteiger partial charge on any atom is -0.399 e. The number of carbonyl (C=O) groups excluding carboxylic acids is 1. The Balaban J connectivity index is 1.49. The highest BCUT2D eigenvalue weighted by atomic mass is 16.6. The van der Waals surface area contributed by atoms with Gasteiger partial charge >= 0.3 is 0 Å². The van der Waals surface area contributed by atoms with E-state index in [0.717, 1.165) is 61.5 Å². The van der Waals surface area contributed by atoms with E-state index in [1.54, 1.807) is 7.11 Å². The maximum absolute atomic E-state index is 13.4. The number of piperazine rings is 1. The van der Waals surface area contributed by atoms with Crippen molar-refractivity contribution in [2.75, 3.05) is 53.4 Å². The van der Waals surface area contributed by atoms with Crippen LogP contribution in [0.5, 0.6) is 0 Å². The maximum Gasteiger partial charge on any atom is 0.254 e. The minimum atomic E-state index is 0.0649. The lowest BCUT2D eigenvalue weighted by Gasteiger charge is -2.35. The van der Waals surface area contributed by atoms with E-state index in [9.17, 15) is 4.79 Å². The van der Waals surface area contributed by atoms with Crippen LogP contribution in [-0.2, 0) is 4.84 Å². The number of likely N-dealkylation sites (tertiary alicyclic amines) is 1. The van der Waals surface area contributed by atoms with Crippen LogP contribution in [0.3, 0.4) is 0 Å². The Morgan fingerprint density at radius 3 is 2.33 bits per heavy atom. The molecule has 0 aliphatic carbocycles. The molecule has 2 saturated heterocycles. The Kier molecular flexibility index (Phi) is 6.45. The summed E-state index contributed by atoms with van der Waals surface area (Å²) in [6.45, 7) is 5.63. The van der Waals surface area contributed by atoms with Crippen LogP contribution in [0.1, 0.15) is 16.8 Å². The highest BCUT2D eigenvalue weighted by molar-refractivity contribution is 6.00. The van der Waals surface area contributed by atoms with Gasteiger partial charge in [0.05, 0.1) is 18.3 Å². The Hall–Kier alpha value is -2.70. The molecule has 6 heteroatoms. The SMILES string of the molecule is CON=C1CC(CN2CCN(C)CC2)N(C(=O)c2ccc(-c3ccccc3)cc2)C1. The third-order valence-electron chi connectivity index (χ3n) is 6.05. The van der Waals surface area contributed by atoms with Crippen molar-refractivity contribution in [2.45, 2.75) is 12.5 Å². The van der Waals surface area contributed by atoms with Crippen molar-refractivity contribution in [2.24, 2.45) is 5.16 Å². The smallest absolute Gasteiger partial charge is 0.254 e. The molecule has 158 valence electrons. The maximum atomic E-state index is 13.4. The van der Waals surface area contributed by atoms with E-state index in [-0.39, 0.29) is 11.9 Å². The van der Waals surface area contributed by atoms with Gasteiger partial charge < -0.3 is 14.6 Å². The summed E-state index contributed by atoms with van der Waals surface area (Å²) in [5.74, 6) is 0.0649. The molecule has 1 amide bonds. The van der Waals surface area contributed by atoms with Gasteiger partial charge in [-0.15, -0.1) is 0 Å². The Bertz CT molecular complexity index is 874. The molecule has 2 aliphatic rings. The first kappa shape index (κ1) is 20.6. The molecule has 2 aromatic carbocycles. The summed E-state index contributed by atoms with van der Waals surface area (Å²) in [5, 5.41) is 4.16. The number of amides is 1. The van der Waals surface area contributed by atoms with Gasteiger partial charge in [-0.25, -0.2) is 0 Å². The molecule has 0 aromatic heterocycles. The molecule has 30 heavy (non-hydrogen) atoms. The molecular formula is C24H30N4O2. The number of hydrogen-bond donors (Lipinski definition) is 0. The lowest BCUT2D eigenvalue weighted by Crippen LogP contribution is -2.50. The van der Waals surface area contributed by atoms with Crippen molar-refractivity contribution < 1.29 is 9.63 Å². The highest BCUT2D eigenvalue weighted by Gasteiger charge is 2.35. The predicted octanol–water partition coefficient (Wildman–Crippen LogP) is 2.82. The first-order valence-corrected chi connectivity index (χ1v) is 10.6. The highest BCUT2D eigenvalue weighted by Crippen LogP contribution is 2.23. The zero-order valence-electron chi connectivity index (χ0n) is 17.8. The Morgan fingerprint density at radius 2 is 1.67 bits per heavy atom. The molecule has 2 aromatic rings. The number of nitrogens with zero attached hydrogens (tertiary/aromatic N) is 4. The van der Waals surface area contributed by atoms with Gasteiger partial charge in [-0.3, -0.25) is 9.69 Å². The van der Waals surface area contributed by atoms with E-state index < -0.39 is 0 Å². The lowest BCUT2D eigenvalue weighted by atomic mass is 10.0. The molecule has 2 aliphatic heterocycles. The van der Waals surface area contributed by atoms with Gasteiger partial charge in [-0.05, 0) is 30.3 Å². The van der Waals surface area contributed by atoms with Crippen molar-refractivity contribution in [1.29, 1.82) is 0 Å². The van der Waals surface area contributed by atoms with Gasteiger partial charge in [0.1, 0.15) is 7.11 Å². The van der Waals surface area contributed by atoms with Crippen molar-refractivity contribution in [3.05, 3.63) is 60.2 Å². The van der Waals surface area contributed by atoms with Crippen LogP contribution in [-0.4, -0.2) is 85.8 Å². The van der Waals surface area contributed by atoms with E-state index >= 15 is 0 Å². The molecule has 6 nitrogen and oxygen atoms in total. The predicted molar refractivity (Wildman–Crippen MR) is 120 cm³/mol. The standard InChI is InChI=1S/C24H30N4O2/c1-26-12-14-27(15-13-26)18-23-16-22(25-30-2)17-28(23)24(29)21-10-8-20(9-11-21)19-6-4-3-5-7-19/h3-11,23H,12-18H2,1-2H3. The van der Waals surface area contributed by atoms with Gasteiger partial charge in [0.25, 0.3) is 5.91 Å². The number of carbonyl (C=O) groups is 1. The van der Waals surface area contributed by atoms with Crippen LogP contribution in [0.25, 0.3) is 11.1 Å². The van der Waals surface area contributed by atoms with E-state index in [2.05, 4.69) is 34.1 Å². The van der Waals surface area contributed by atoms with Crippen LogP contribution >= 0.6 is 0 Å². The molecule has 0 spiro atoms. The number of likely N-dealkylation sites (N-methyl/N-ethyl adjacent to an activating group) is 1. The summed E-state index contributed by atoms with van der Waals surface area (Å²) < 4.78 is 0. The molecule has 0 radical (unpaired) electrons. The molecule has 0 N–H and O–H groups in total. The van der Waals surface area contributed by atoms with Gasteiger partial charge in [0.2, 0.25) is 0 Å².